The lowest BCUT2D eigenvalue weighted by Gasteiger charge is -2.13. The zero-order valence-corrected chi connectivity index (χ0v) is 8.41. The number of methoxy groups -OCH3 is 1. The van der Waals surface area contributed by atoms with Gasteiger partial charge in [0, 0.05) is 6.42 Å². The van der Waals surface area contributed by atoms with Crippen LogP contribution in [0, 0.1) is 0 Å². The lowest BCUT2D eigenvalue weighted by atomic mass is 10.1. The maximum Gasteiger partial charge on any atom is 0.326 e. The zero-order chi connectivity index (χ0) is 12.7. The SMILES string of the molecule is COC(=O)CCC(NC(=O)C(F)F)C(=O)O. The van der Waals surface area contributed by atoms with E-state index in [-0.39, 0.29) is 12.8 Å². The second-order valence-electron chi connectivity index (χ2n) is 2.81. The lowest BCUT2D eigenvalue weighted by Crippen LogP contribution is -2.43. The number of halogens is 2. The molecule has 0 aromatic heterocycles. The van der Waals surface area contributed by atoms with Crippen molar-refractivity contribution in [2.75, 3.05) is 7.11 Å². The van der Waals surface area contributed by atoms with E-state index in [4.69, 9.17) is 5.11 Å². The molecule has 0 fully saturated rings. The number of esters is 1. The van der Waals surface area contributed by atoms with Gasteiger partial charge in [0.05, 0.1) is 7.11 Å². The molecule has 0 aliphatic rings. The van der Waals surface area contributed by atoms with Crippen molar-refractivity contribution in [3.63, 3.8) is 0 Å². The Morgan fingerprint density at radius 2 is 1.94 bits per heavy atom. The normalized spacial score (nSPS) is 12.0. The number of rotatable bonds is 6. The standard InChI is InChI=1S/C8H11F2NO5/c1-16-5(12)3-2-4(8(14)15)11-7(13)6(9)10/h4,6H,2-3H2,1H3,(H,11,13)(H,14,15). The highest BCUT2D eigenvalue weighted by Crippen LogP contribution is 2.01. The van der Waals surface area contributed by atoms with E-state index in [1.54, 1.807) is 5.32 Å². The summed E-state index contributed by atoms with van der Waals surface area (Å²) in [6, 6.07) is -1.53. The second kappa shape index (κ2) is 6.70. The summed E-state index contributed by atoms with van der Waals surface area (Å²) in [6.45, 7) is 0. The van der Waals surface area contributed by atoms with Crippen molar-refractivity contribution in [3.8, 4) is 0 Å². The number of carbonyl (C=O) groups excluding carboxylic acids is 2. The van der Waals surface area contributed by atoms with Crippen molar-refractivity contribution >= 4 is 17.8 Å². The molecule has 92 valence electrons. The van der Waals surface area contributed by atoms with Crippen LogP contribution in [0.4, 0.5) is 8.78 Å². The van der Waals surface area contributed by atoms with Gasteiger partial charge in [0.2, 0.25) is 0 Å². The fraction of sp³-hybridized carbons (Fsp3) is 0.625. The molecular weight excluding hydrogens is 228 g/mol. The molecule has 0 spiro atoms. The number of hydrogen-bond acceptors (Lipinski definition) is 4. The van der Waals surface area contributed by atoms with Crippen molar-refractivity contribution in [2.24, 2.45) is 0 Å². The molecule has 16 heavy (non-hydrogen) atoms. The van der Waals surface area contributed by atoms with E-state index >= 15 is 0 Å². The van der Waals surface area contributed by atoms with Gasteiger partial charge in [0.1, 0.15) is 6.04 Å². The minimum absolute atomic E-state index is 0.281. The molecule has 6 nitrogen and oxygen atoms in total. The van der Waals surface area contributed by atoms with Gasteiger partial charge in [-0.3, -0.25) is 9.59 Å². The molecule has 0 aliphatic carbocycles. The van der Waals surface area contributed by atoms with Gasteiger partial charge in [-0.05, 0) is 6.42 Å². The average molecular weight is 239 g/mol. The van der Waals surface area contributed by atoms with Crippen molar-refractivity contribution in [1.29, 1.82) is 0 Å². The molecule has 1 atom stereocenters. The summed E-state index contributed by atoms with van der Waals surface area (Å²) in [5.41, 5.74) is 0. The first kappa shape index (κ1) is 14.3. The van der Waals surface area contributed by atoms with Crippen LogP contribution in [0.2, 0.25) is 0 Å². The van der Waals surface area contributed by atoms with E-state index in [0.717, 1.165) is 7.11 Å². The van der Waals surface area contributed by atoms with E-state index in [1.165, 1.54) is 0 Å². The van der Waals surface area contributed by atoms with Crippen LogP contribution in [0.15, 0.2) is 0 Å². The highest BCUT2D eigenvalue weighted by molar-refractivity contribution is 5.85. The van der Waals surface area contributed by atoms with Crippen LogP contribution in [0.3, 0.4) is 0 Å². The van der Waals surface area contributed by atoms with Crippen LogP contribution in [0.25, 0.3) is 0 Å². The molecule has 0 bridgehead atoms. The first-order valence-corrected chi connectivity index (χ1v) is 4.26. The van der Waals surface area contributed by atoms with Gasteiger partial charge in [-0.1, -0.05) is 0 Å². The largest absolute Gasteiger partial charge is 0.480 e. The van der Waals surface area contributed by atoms with E-state index in [9.17, 15) is 23.2 Å². The number of hydrogen-bond donors (Lipinski definition) is 2. The van der Waals surface area contributed by atoms with Gasteiger partial charge in [-0.2, -0.15) is 8.78 Å². The molecule has 0 heterocycles. The Labute approximate surface area is 89.6 Å². The Hall–Kier alpha value is -1.73. The number of ether oxygens (including phenoxy) is 1. The average Bonchev–Trinajstić information content (AvgIpc) is 2.22. The minimum atomic E-state index is -3.29. The molecule has 1 unspecified atom stereocenters. The summed E-state index contributed by atoms with van der Waals surface area (Å²) in [6.07, 6.45) is -3.88. The van der Waals surface area contributed by atoms with Crippen molar-refractivity contribution in [1.82, 2.24) is 5.32 Å². The number of amides is 1. The zero-order valence-electron chi connectivity index (χ0n) is 8.41. The van der Waals surface area contributed by atoms with Crippen LogP contribution in [0.5, 0.6) is 0 Å². The molecule has 0 aromatic rings. The number of carboxylic acids is 1. The van der Waals surface area contributed by atoms with Gasteiger partial charge in [0.15, 0.2) is 0 Å². The predicted molar refractivity (Wildman–Crippen MR) is 46.8 cm³/mol. The number of nitrogens with one attached hydrogen (secondary N) is 1. The highest BCUT2D eigenvalue weighted by atomic mass is 19.3. The smallest absolute Gasteiger partial charge is 0.326 e. The molecule has 0 rings (SSSR count). The molecule has 0 aromatic carbocycles. The van der Waals surface area contributed by atoms with Crippen molar-refractivity contribution < 1.29 is 33.0 Å². The minimum Gasteiger partial charge on any atom is -0.480 e. The Balaban J connectivity index is 4.24. The molecule has 0 aliphatic heterocycles. The van der Waals surface area contributed by atoms with Crippen LogP contribution in [-0.4, -0.2) is 42.5 Å². The first-order valence-electron chi connectivity index (χ1n) is 4.26. The summed E-state index contributed by atoms with van der Waals surface area (Å²) >= 11 is 0. The predicted octanol–water partition coefficient (Wildman–Crippen LogP) is -0.226. The van der Waals surface area contributed by atoms with Gasteiger partial charge < -0.3 is 15.2 Å². The maximum absolute atomic E-state index is 11.8. The highest BCUT2D eigenvalue weighted by Gasteiger charge is 2.25. The van der Waals surface area contributed by atoms with Crippen LogP contribution >= 0.6 is 0 Å². The van der Waals surface area contributed by atoms with E-state index < -0.39 is 30.3 Å². The van der Waals surface area contributed by atoms with Gasteiger partial charge in [0.25, 0.3) is 5.91 Å². The molecule has 1 amide bonds. The summed E-state index contributed by atoms with van der Waals surface area (Å²) in [7, 11) is 1.11. The van der Waals surface area contributed by atoms with Gasteiger partial charge in [-0.15, -0.1) is 0 Å². The summed E-state index contributed by atoms with van der Waals surface area (Å²) in [5, 5.41) is 10.2. The Morgan fingerprint density at radius 1 is 1.38 bits per heavy atom. The summed E-state index contributed by atoms with van der Waals surface area (Å²) in [4.78, 5) is 31.8. The third kappa shape index (κ3) is 5.23. The summed E-state index contributed by atoms with van der Waals surface area (Å²) < 4.78 is 27.9. The number of alkyl halides is 2. The van der Waals surface area contributed by atoms with Gasteiger partial charge in [-0.25, -0.2) is 4.79 Å². The van der Waals surface area contributed by atoms with Crippen molar-refractivity contribution in [3.05, 3.63) is 0 Å². The van der Waals surface area contributed by atoms with Crippen LogP contribution < -0.4 is 5.32 Å². The van der Waals surface area contributed by atoms with E-state index in [1.807, 2.05) is 0 Å². The van der Waals surface area contributed by atoms with Gasteiger partial charge >= 0.3 is 18.4 Å². The Kier molecular flexibility index (Phi) is 5.97. The fourth-order valence-electron chi connectivity index (χ4n) is 0.856. The topological polar surface area (TPSA) is 92.7 Å². The maximum atomic E-state index is 11.8. The third-order valence-electron chi connectivity index (χ3n) is 1.68. The molecular formula is C8H11F2NO5. The number of carbonyl (C=O) groups is 3. The molecule has 0 radical (unpaired) electrons. The third-order valence-corrected chi connectivity index (χ3v) is 1.68. The molecule has 2 N–H and O–H groups in total. The molecule has 8 heteroatoms. The Morgan fingerprint density at radius 3 is 2.31 bits per heavy atom. The first-order chi connectivity index (χ1) is 7.38. The summed E-state index contributed by atoms with van der Waals surface area (Å²) in [5.74, 6) is -3.85. The lowest BCUT2D eigenvalue weighted by molar-refractivity contribution is -0.145. The van der Waals surface area contributed by atoms with Crippen molar-refractivity contribution in [2.45, 2.75) is 25.3 Å². The second-order valence-corrected chi connectivity index (χ2v) is 2.81. The van der Waals surface area contributed by atoms with Crippen LogP contribution in [-0.2, 0) is 19.1 Å². The monoisotopic (exact) mass is 239 g/mol. The number of carboxylic acid groups (broad SMARTS) is 1. The van der Waals surface area contributed by atoms with E-state index in [0.29, 0.717) is 0 Å². The van der Waals surface area contributed by atoms with E-state index in [2.05, 4.69) is 4.74 Å². The fourth-order valence-corrected chi connectivity index (χ4v) is 0.856. The quantitative estimate of drug-likeness (QED) is 0.625. The van der Waals surface area contributed by atoms with Crippen LogP contribution in [0.1, 0.15) is 12.8 Å². The number of aliphatic carboxylic acids is 1. The molecule has 0 saturated carbocycles. The molecule has 0 saturated heterocycles. The Bertz CT molecular complexity index is 282.